The molecule has 0 fully saturated rings. The van der Waals surface area contributed by atoms with Crippen LogP contribution in [0, 0.1) is 0 Å². The summed E-state index contributed by atoms with van der Waals surface area (Å²) in [7, 11) is 0. The number of hydrogen-bond acceptors (Lipinski definition) is 4. The highest BCUT2D eigenvalue weighted by Crippen LogP contribution is 2.25. The number of halogens is 2. The first kappa shape index (κ1) is 11.0. The summed E-state index contributed by atoms with van der Waals surface area (Å²) in [6, 6.07) is 5.12. The minimum atomic E-state index is -0.478. The Kier molecular flexibility index (Phi) is 3.16. The molecule has 0 aliphatic rings. The normalized spacial score (nSPS) is 10.1. The van der Waals surface area contributed by atoms with Crippen LogP contribution in [-0.2, 0) is 0 Å². The van der Waals surface area contributed by atoms with Gasteiger partial charge in [-0.15, -0.1) is 10.2 Å². The molecule has 0 radical (unpaired) electrons. The summed E-state index contributed by atoms with van der Waals surface area (Å²) in [5, 5.41) is 15.6. The predicted octanol–water partition coefficient (Wildman–Crippen LogP) is 1.87. The number of aromatic amines is 1. The number of nitrogens with one attached hydrogen (secondary N) is 2. The summed E-state index contributed by atoms with van der Waals surface area (Å²) in [5.41, 5.74) is 0.478. The Hall–Kier alpha value is -1.47. The Balaban J connectivity index is 2.21. The number of hydrogen-bond donors (Lipinski definition) is 2. The number of anilines is 1. The molecule has 6 nitrogen and oxygen atoms in total. The van der Waals surface area contributed by atoms with E-state index in [9.17, 15) is 4.79 Å². The fraction of sp³-hybridized carbons (Fsp3) is 0. The van der Waals surface area contributed by atoms with Crippen LogP contribution >= 0.6 is 27.5 Å². The SMILES string of the molecule is O=C(Nc1cc(Br)ccc1Cl)c1nn[nH]n1. The lowest BCUT2D eigenvalue weighted by atomic mass is 10.3. The number of carbonyl (C=O) groups is 1. The summed E-state index contributed by atoms with van der Waals surface area (Å²) in [6.45, 7) is 0. The average Bonchev–Trinajstić information content (AvgIpc) is 2.76. The number of benzene rings is 1. The first-order valence-electron chi connectivity index (χ1n) is 4.16. The minimum Gasteiger partial charge on any atom is -0.318 e. The van der Waals surface area contributed by atoms with Crippen LogP contribution in [-0.4, -0.2) is 26.5 Å². The van der Waals surface area contributed by atoms with Crippen molar-refractivity contribution in [2.75, 3.05) is 5.32 Å². The summed E-state index contributed by atoms with van der Waals surface area (Å²) in [6.07, 6.45) is 0. The highest BCUT2D eigenvalue weighted by molar-refractivity contribution is 9.10. The van der Waals surface area contributed by atoms with Crippen molar-refractivity contribution >= 4 is 39.1 Å². The maximum atomic E-state index is 11.6. The van der Waals surface area contributed by atoms with Crippen molar-refractivity contribution in [1.82, 2.24) is 20.6 Å². The molecule has 8 heteroatoms. The van der Waals surface area contributed by atoms with E-state index in [1.807, 2.05) is 0 Å². The van der Waals surface area contributed by atoms with Gasteiger partial charge in [0.25, 0.3) is 11.7 Å². The lowest BCUT2D eigenvalue weighted by Gasteiger charge is -2.04. The Morgan fingerprint density at radius 1 is 1.50 bits per heavy atom. The van der Waals surface area contributed by atoms with E-state index in [0.717, 1.165) is 4.47 Å². The molecular formula is C8H5BrClN5O. The molecule has 0 atom stereocenters. The molecule has 0 saturated carbocycles. The smallest absolute Gasteiger partial charge is 0.297 e. The van der Waals surface area contributed by atoms with Gasteiger partial charge in [-0.25, -0.2) is 0 Å². The lowest BCUT2D eigenvalue weighted by molar-refractivity contribution is 0.101. The van der Waals surface area contributed by atoms with Crippen LogP contribution in [0.5, 0.6) is 0 Å². The molecule has 1 aromatic heterocycles. The monoisotopic (exact) mass is 301 g/mol. The molecule has 0 aliphatic heterocycles. The third-order valence-electron chi connectivity index (χ3n) is 1.73. The molecule has 2 N–H and O–H groups in total. The van der Waals surface area contributed by atoms with Gasteiger partial charge in [-0.3, -0.25) is 4.79 Å². The van der Waals surface area contributed by atoms with Crippen LogP contribution in [0.4, 0.5) is 5.69 Å². The molecule has 0 saturated heterocycles. The molecule has 0 bridgehead atoms. The number of H-pyrrole nitrogens is 1. The molecule has 1 amide bonds. The van der Waals surface area contributed by atoms with Crippen LogP contribution < -0.4 is 5.32 Å². The fourth-order valence-electron chi connectivity index (χ4n) is 1.03. The Labute approximate surface area is 104 Å². The van der Waals surface area contributed by atoms with E-state index in [0.29, 0.717) is 10.7 Å². The van der Waals surface area contributed by atoms with Crippen molar-refractivity contribution in [3.63, 3.8) is 0 Å². The van der Waals surface area contributed by atoms with Crippen molar-refractivity contribution in [2.24, 2.45) is 0 Å². The van der Waals surface area contributed by atoms with Gasteiger partial charge in [-0.05, 0) is 23.4 Å². The highest BCUT2D eigenvalue weighted by atomic mass is 79.9. The zero-order valence-electron chi connectivity index (χ0n) is 7.74. The Bertz CT molecular complexity index is 515. The van der Waals surface area contributed by atoms with Gasteiger partial charge in [0.1, 0.15) is 0 Å². The average molecular weight is 303 g/mol. The largest absolute Gasteiger partial charge is 0.318 e. The second-order valence-corrected chi connectivity index (χ2v) is 4.14. The summed E-state index contributed by atoms with van der Waals surface area (Å²) in [5.74, 6) is -0.523. The van der Waals surface area contributed by atoms with E-state index in [4.69, 9.17) is 11.6 Å². The zero-order chi connectivity index (χ0) is 11.5. The summed E-state index contributed by atoms with van der Waals surface area (Å²) in [4.78, 5) is 11.6. The number of carbonyl (C=O) groups excluding carboxylic acids is 1. The summed E-state index contributed by atoms with van der Waals surface area (Å²) >= 11 is 9.18. The van der Waals surface area contributed by atoms with Crippen molar-refractivity contribution < 1.29 is 4.79 Å². The van der Waals surface area contributed by atoms with Gasteiger partial charge < -0.3 is 5.32 Å². The Morgan fingerprint density at radius 3 is 3.00 bits per heavy atom. The van der Waals surface area contributed by atoms with E-state index in [1.54, 1.807) is 18.2 Å². The number of nitrogens with zero attached hydrogens (tertiary/aromatic N) is 3. The van der Waals surface area contributed by atoms with Crippen LogP contribution in [0.25, 0.3) is 0 Å². The molecule has 0 unspecified atom stereocenters. The van der Waals surface area contributed by atoms with Crippen LogP contribution in [0.3, 0.4) is 0 Å². The van der Waals surface area contributed by atoms with Crippen molar-refractivity contribution in [1.29, 1.82) is 0 Å². The van der Waals surface area contributed by atoms with Gasteiger partial charge in [0.15, 0.2) is 0 Å². The second-order valence-electron chi connectivity index (χ2n) is 2.81. The van der Waals surface area contributed by atoms with Gasteiger partial charge in [-0.1, -0.05) is 27.5 Å². The number of aromatic nitrogens is 4. The molecular weight excluding hydrogens is 297 g/mol. The topological polar surface area (TPSA) is 83.6 Å². The Morgan fingerprint density at radius 2 is 2.31 bits per heavy atom. The predicted molar refractivity (Wildman–Crippen MR) is 61.3 cm³/mol. The van der Waals surface area contributed by atoms with E-state index in [-0.39, 0.29) is 5.82 Å². The standard InChI is InChI=1S/C8H5BrClN5O/c9-4-1-2-5(10)6(3-4)11-8(16)7-12-14-15-13-7/h1-3H,(H,11,16)(H,12,13,14,15). The van der Waals surface area contributed by atoms with Crippen molar-refractivity contribution in [2.45, 2.75) is 0 Å². The molecule has 1 aromatic carbocycles. The van der Waals surface area contributed by atoms with Gasteiger partial charge in [0, 0.05) is 4.47 Å². The first-order valence-corrected chi connectivity index (χ1v) is 5.34. The van der Waals surface area contributed by atoms with E-state index in [1.165, 1.54) is 0 Å². The molecule has 2 rings (SSSR count). The summed E-state index contributed by atoms with van der Waals surface area (Å²) < 4.78 is 0.806. The third kappa shape index (κ3) is 2.37. The minimum absolute atomic E-state index is 0.0453. The first-order chi connectivity index (χ1) is 7.66. The molecule has 82 valence electrons. The number of tetrazole rings is 1. The number of rotatable bonds is 2. The maximum Gasteiger partial charge on any atom is 0.297 e. The van der Waals surface area contributed by atoms with Crippen LogP contribution in [0.2, 0.25) is 5.02 Å². The maximum absolute atomic E-state index is 11.6. The molecule has 1 heterocycles. The lowest BCUT2D eigenvalue weighted by Crippen LogP contribution is -2.14. The fourth-order valence-corrected chi connectivity index (χ4v) is 1.56. The molecule has 0 spiro atoms. The quantitative estimate of drug-likeness (QED) is 0.887. The van der Waals surface area contributed by atoms with Crippen LogP contribution in [0.1, 0.15) is 10.6 Å². The van der Waals surface area contributed by atoms with Gasteiger partial charge >= 0.3 is 0 Å². The van der Waals surface area contributed by atoms with Crippen molar-refractivity contribution in [3.05, 3.63) is 33.5 Å². The van der Waals surface area contributed by atoms with Gasteiger partial charge in [0.2, 0.25) is 0 Å². The van der Waals surface area contributed by atoms with Crippen molar-refractivity contribution in [3.8, 4) is 0 Å². The van der Waals surface area contributed by atoms with E-state index >= 15 is 0 Å². The van der Waals surface area contributed by atoms with E-state index < -0.39 is 5.91 Å². The molecule has 0 aliphatic carbocycles. The molecule has 16 heavy (non-hydrogen) atoms. The van der Waals surface area contributed by atoms with E-state index in [2.05, 4.69) is 41.9 Å². The van der Waals surface area contributed by atoms with Gasteiger partial charge in [-0.2, -0.15) is 5.21 Å². The third-order valence-corrected chi connectivity index (χ3v) is 2.55. The zero-order valence-corrected chi connectivity index (χ0v) is 10.1. The molecule has 2 aromatic rings. The highest BCUT2D eigenvalue weighted by Gasteiger charge is 2.12. The van der Waals surface area contributed by atoms with Gasteiger partial charge in [0.05, 0.1) is 10.7 Å². The second kappa shape index (κ2) is 4.58. The number of amides is 1. The van der Waals surface area contributed by atoms with Crippen LogP contribution in [0.15, 0.2) is 22.7 Å².